The van der Waals surface area contributed by atoms with Crippen LogP contribution in [0, 0.1) is 0 Å². The zero-order chi connectivity index (χ0) is 10.8. The van der Waals surface area contributed by atoms with Crippen molar-refractivity contribution in [2.24, 2.45) is 0 Å². The Labute approximate surface area is 86.3 Å². The van der Waals surface area contributed by atoms with Crippen molar-refractivity contribution in [3.05, 3.63) is 24.2 Å². The van der Waals surface area contributed by atoms with E-state index in [1.165, 1.54) is 17.4 Å². The topological polar surface area (TPSA) is 70.8 Å². The molecule has 5 heteroatoms. The van der Waals surface area contributed by atoms with Gasteiger partial charge in [0.05, 0.1) is 12.5 Å². The maximum Gasteiger partial charge on any atom is 0.326 e. The molecule has 5 nitrogen and oxygen atoms in total. The molecule has 0 radical (unpaired) electrons. The minimum absolute atomic E-state index is 0.108. The van der Waals surface area contributed by atoms with Crippen LogP contribution in [0.2, 0.25) is 0 Å². The van der Waals surface area contributed by atoms with Crippen LogP contribution in [0.15, 0.2) is 23.0 Å². The number of hydrogen-bond donors (Lipinski definition) is 1. The molecule has 1 atom stereocenters. The Morgan fingerprint density at radius 2 is 2.47 bits per heavy atom. The third kappa shape index (κ3) is 1.86. The number of nitrogens with zero attached hydrogens (tertiary/aromatic N) is 1. The van der Waals surface area contributed by atoms with Crippen LogP contribution in [0.3, 0.4) is 0 Å². The van der Waals surface area contributed by atoms with Crippen molar-refractivity contribution in [3.63, 3.8) is 0 Å². The first-order valence-electron chi connectivity index (χ1n) is 4.72. The van der Waals surface area contributed by atoms with Gasteiger partial charge in [-0.05, 0) is 12.5 Å². The Hall–Kier alpha value is -1.78. The van der Waals surface area contributed by atoms with Crippen LogP contribution in [0.4, 0.5) is 0 Å². The number of furan rings is 1. The maximum atomic E-state index is 11.4. The lowest BCUT2D eigenvalue weighted by molar-refractivity contribution is -0.146. The molecule has 15 heavy (non-hydrogen) atoms. The van der Waals surface area contributed by atoms with Gasteiger partial charge in [0.15, 0.2) is 0 Å². The first kappa shape index (κ1) is 9.76. The third-order valence-corrected chi connectivity index (χ3v) is 2.55. The highest BCUT2D eigenvalue weighted by Crippen LogP contribution is 2.21. The maximum absolute atomic E-state index is 11.4. The van der Waals surface area contributed by atoms with Crippen molar-refractivity contribution in [1.29, 1.82) is 0 Å². The Kier molecular flexibility index (Phi) is 2.45. The summed E-state index contributed by atoms with van der Waals surface area (Å²) in [5, 5.41) is 8.91. The van der Waals surface area contributed by atoms with E-state index in [1.807, 2.05) is 0 Å². The summed E-state index contributed by atoms with van der Waals surface area (Å²) in [5.41, 5.74) is 0.816. The molecule has 80 valence electrons. The molecule has 1 aromatic rings. The zero-order valence-electron chi connectivity index (χ0n) is 8.05. The highest BCUT2D eigenvalue weighted by molar-refractivity contribution is 5.87. The fourth-order valence-corrected chi connectivity index (χ4v) is 1.77. The molecule has 2 heterocycles. The van der Waals surface area contributed by atoms with Gasteiger partial charge in [-0.15, -0.1) is 0 Å². The van der Waals surface area contributed by atoms with Gasteiger partial charge in [-0.2, -0.15) is 0 Å². The highest BCUT2D eigenvalue weighted by atomic mass is 16.4. The molecular formula is C10H11NO4. The van der Waals surface area contributed by atoms with Gasteiger partial charge in [-0.1, -0.05) is 0 Å². The molecule has 1 N–H and O–H groups in total. The summed E-state index contributed by atoms with van der Waals surface area (Å²) < 4.78 is 4.87. The van der Waals surface area contributed by atoms with Crippen LogP contribution in [0.25, 0.3) is 0 Å². The molecule has 1 aromatic heterocycles. The molecule has 0 bridgehead atoms. The van der Waals surface area contributed by atoms with Gasteiger partial charge in [0.25, 0.3) is 0 Å². The second-order valence-corrected chi connectivity index (χ2v) is 3.55. The molecule has 0 saturated carbocycles. The Bertz CT molecular complexity index is 371. The van der Waals surface area contributed by atoms with Crippen molar-refractivity contribution in [1.82, 2.24) is 4.90 Å². The minimum Gasteiger partial charge on any atom is -0.480 e. The van der Waals surface area contributed by atoms with Gasteiger partial charge < -0.3 is 14.4 Å². The van der Waals surface area contributed by atoms with Crippen molar-refractivity contribution >= 4 is 11.9 Å². The molecule has 1 saturated heterocycles. The fourth-order valence-electron chi connectivity index (χ4n) is 1.77. The van der Waals surface area contributed by atoms with Crippen molar-refractivity contribution < 1.29 is 19.1 Å². The van der Waals surface area contributed by atoms with E-state index in [0.717, 1.165) is 5.56 Å². The Morgan fingerprint density at radius 3 is 3.07 bits per heavy atom. The largest absolute Gasteiger partial charge is 0.480 e. The van der Waals surface area contributed by atoms with Crippen LogP contribution in [-0.2, 0) is 16.1 Å². The molecule has 2 rings (SSSR count). The zero-order valence-corrected chi connectivity index (χ0v) is 8.05. The second kappa shape index (κ2) is 3.76. The van der Waals surface area contributed by atoms with Crippen molar-refractivity contribution in [2.75, 3.05) is 0 Å². The van der Waals surface area contributed by atoms with E-state index in [2.05, 4.69) is 0 Å². The van der Waals surface area contributed by atoms with E-state index in [4.69, 9.17) is 9.52 Å². The van der Waals surface area contributed by atoms with Crippen LogP contribution in [-0.4, -0.2) is 27.9 Å². The highest BCUT2D eigenvalue weighted by Gasteiger charge is 2.35. The monoisotopic (exact) mass is 209 g/mol. The number of carbonyl (C=O) groups excluding carboxylic acids is 1. The molecular weight excluding hydrogens is 198 g/mol. The summed E-state index contributed by atoms with van der Waals surface area (Å²) in [5.74, 6) is -1.05. The molecule has 0 aromatic carbocycles. The summed E-state index contributed by atoms with van der Waals surface area (Å²) >= 11 is 0. The predicted molar refractivity (Wildman–Crippen MR) is 49.9 cm³/mol. The average molecular weight is 209 g/mol. The number of carboxylic acids is 1. The summed E-state index contributed by atoms with van der Waals surface area (Å²) in [6.45, 7) is 0.312. The molecule has 1 aliphatic heterocycles. The molecule has 1 fully saturated rings. The first-order chi connectivity index (χ1) is 7.18. The molecule has 0 spiro atoms. The quantitative estimate of drug-likeness (QED) is 0.801. The van der Waals surface area contributed by atoms with Gasteiger partial charge in [-0.3, -0.25) is 4.79 Å². The summed E-state index contributed by atoms with van der Waals surface area (Å²) in [6, 6.07) is 1.04. The predicted octanol–water partition coefficient (Wildman–Crippen LogP) is 0.855. The smallest absolute Gasteiger partial charge is 0.326 e. The van der Waals surface area contributed by atoms with E-state index in [9.17, 15) is 9.59 Å². The lowest BCUT2D eigenvalue weighted by Gasteiger charge is -2.20. The summed E-state index contributed by atoms with van der Waals surface area (Å²) in [6.07, 6.45) is 3.73. The second-order valence-electron chi connectivity index (χ2n) is 3.55. The van der Waals surface area contributed by atoms with Gasteiger partial charge >= 0.3 is 5.97 Å². The molecule has 1 aliphatic rings. The number of hydrogen-bond acceptors (Lipinski definition) is 3. The fraction of sp³-hybridized carbons (Fsp3) is 0.400. The Morgan fingerprint density at radius 1 is 1.67 bits per heavy atom. The van der Waals surface area contributed by atoms with Gasteiger partial charge in [0.2, 0.25) is 5.91 Å². The lowest BCUT2D eigenvalue weighted by atomic mass is 10.2. The van der Waals surface area contributed by atoms with Gasteiger partial charge in [0, 0.05) is 18.5 Å². The van der Waals surface area contributed by atoms with E-state index in [-0.39, 0.29) is 5.91 Å². The summed E-state index contributed by atoms with van der Waals surface area (Å²) in [7, 11) is 0. The average Bonchev–Trinajstić information content (AvgIpc) is 2.78. The SMILES string of the molecule is O=C(O)[C@@H]1CCC(=O)N1Cc1ccoc1. The normalized spacial score (nSPS) is 20.9. The van der Waals surface area contributed by atoms with Gasteiger partial charge in [0.1, 0.15) is 6.04 Å². The number of carboxylic acid groups (broad SMARTS) is 1. The number of likely N-dealkylation sites (tertiary alicyclic amines) is 1. The van der Waals surface area contributed by atoms with E-state index in [1.54, 1.807) is 6.07 Å². The third-order valence-electron chi connectivity index (χ3n) is 2.55. The van der Waals surface area contributed by atoms with Crippen molar-refractivity contribution in [2.45, 2.75) is 25.4 Å². The van der Waals surface area contributed by atoms with Crippen LogP contribution >= 0.6 is 0 Å². The van der Waals surface area contributed by atoms with Gasteiger partial charge in [-0.25, -0.2) is 4.79 Å². The lowest BCUT2D eigenvalue weighted by Crippen LogP contribution is -2.37. The van der Waals surface area contributed by atoms with E-state index in [0.29, 0.717) is 19.4 Å². The van der Waals surface area contributed by atoms with Crippen LogP contribution < -0.4 is 0 Å². The summed E-state index contributed by atoms with van der Waals surface area (Å²) in [4.78, 5) is 23.7. The van der Waals surface area contributed by atoms with Crippen LogP contribution in [0.5, 0.6) is 0 Å². The number of aliphatic carboxylic acids is 1. The first-order valence-corrected chi connectivity index (χ1v) is 4.72. The van der Waals surface area contributed by atoms with E-state index >= 15 is 0 Å². The number of amides is 1. The standard InChI is InChI=1S/C10H11NO4/c12-9-2-1-8(10(13)14)11(9)5-7-3-4-15-6-7/h3-4,6,8H,1-2,5H2,(H,13,14)/t8-/m0/s1. The minimum atomic E-state index is -0.940. The molecule has 1 amide bonds. The number of carbonyl (C=O) groups is 2. The Balaban J connectivity index is 2.11. The van der Waals surface area contributed by atoms with Crippen molar-refractivity contribution in [3.8, 4) is 0 Å². The molecule has 0 aliphatic carbocycles. The van der Waals surface area contributed by atoms with E-state index < -0.39 is 12.0 Å². The van der Waals surface area contributed by atoms with Crippen LogP contribution in [0.1, 0.15) is 18.4 Å². The molecule has 0 unspecified atom stereocenters. The number of rotatable bonds is 3.